The molecule has 2 aliphatic rings. The van der Waals surface area contributed by atoms with Gasteiger partial charge >= 0.3 is 0 Å². The molecule has 5 nitrogen and oxygen atoms in total. The topological polar surface area (TPSA) is 56.7 Å². The van der Waals surface area contributed by atoms with Crippen molar-refractivity contribution in [3.8, 4) is 22.5 Å². The Kier molecular flexibility index (Phi) is 9.44. The summed E-state index contributed by atoms with van der Waals surface area (Å²) in [5.74, 6) is 0.724. The monoisotopic (exact) mass is 643 g/mol. The van der Waals surface area contributed by atoms with Gasteiger partial charge in [-0.3, -0.25) is 0 Å². The minimum atomic E-state index is -2.16. The normalized spacial score (nSPS) is 12.8. The lowest BCUT2D eigenvalue weighted by Gasteiger charge is -2.28. The summed E-state index contributed by atoms with van der Waals surface area (Å²) in [5.41, 5.74) is 11.6. The zero-order chi connectivity index (χ0) is 33.2. The molecule has 0 radical (unpaired) electrons. The second-order valence-corrected chi connectivity index (χ2v) is 13.3. The molecule has 1 atom stereocenters. The van der Waals surface area contributed by atoms with E-state index in [0.717, 1.165) is 70.4 Å². The first-order chi connectivity index (χ1) is 22.7. The zero-order valence-electron chi connectivity index (χ0n) is 28.1. The molecule has 47 heavy (non-hydrogen) atoms. The predicted molar refractivity (Wildman–Crippen MR) is 197 cm³/mol. The Morgan fingerprint density at radius 3 is 2.09 bits per heavy atom. The maximum absolute atomic E-state index is 12.6. The Bertz CT molecular complexity index is 2120. The summed E-state index contributed by atoms with van der Waals surface area (Å²) in [6.07, 6.45) is 1.97. The molecule has 1 N–H and O–H groups in total. The van der Waals surface area contributed by atoms with Crippen LogP contribution in [0.2, 0.25) is 0 Å². The number of fused-ring (bicyclic) bond motifs is 2. The van der Waals surface area contributed by atoms with Crippen molar-refractivity contribution in [2.75, 3.05) is 18.0 Å². The molecule has 240 valence electrons. The largest absolute Gasteiger partial charge is 0.456 e. The molecule has 0 saturated carbocycles. The van der Waals surface area contributed by atoms with Crippen molar-refractivity contribution in [3.63, 3.8) is 0 Å². The van der Waals surface area contributed by atoms with Crippen LogP contribution < -0.4 is 14.8 Å². The van der Waals surface area contributed by atoms with Gasteiger partial charge in [0.15, 0.2) is 11.1 Å². The fraction of sp³-hybridized carbons (Fsp3) is 0.244. The van der Waals surface area contributed by atoms with E-state index in [4.69, 9.17) is 4.42 Å². The molecule has 1 aliphatic heterocycles. The van der Waals surface area contributed by atoms with Crippen LogP contribution in [-0.4, -0.2) is 21.9 Å². The summed E-state index contributed by atoms with van der Waals surface area (Å²) in [4.78, 5) is 2.75. The lowest BCUT2D eigenvalue weighted by molar-refractivity contribution is 0.564. The Morgan fingerprint density at radius 2 is 1.43 bits per heavy atom. The van der Waals surface area contributed by atoms with Crippen molar-refractivity contribution in [2.24, 2.45) is 0 Å². The van der Waals surface area contributed by atoms with Crippen molar-refractivity contribution >= 4 is 39.1 Å². The van der Waals surface area contributed by atoms with Crippen LogP contribution in [0.25, 0.3) is 33.4 Å². The molecule has 0 saturated heterocycles. The Morgan fingerprint density at radius 1 is 0.745 bits per heavy atom. The molecular weight excluding hydrogens is 601 g/mol. The van der Waals surface area contributed by atoms with Gasteiger partial charge < -0.3 is 13.9 Å². The van der Waals surface area contributed by atoms with Crippen molar-refractivity contribution in [3.05, 3.63) is 125 Å². The summed E-state index contributed by atoms with van der Waals surface area (Å²) in [5, 5.41) is 1.94. The third-order valence-electron chi connectivity index (χ3n) is 8.97. The SMILES string of the molecule is CCCN(c1ccc2c(-c3ccccc3S(=O)O)c3ccc(=[N+](CCC)c4c(C)cccc4C)cc-3oc2c1)c1c(C)cccc1C. The fourth-order valence-electron chi connectivity index (χ4n) is 6.97. The standard InChI is InChI=1S/C41H42N2O3S/c1-7-23-42(40-27(3)13-11-14-28(40)4)31-19-21-33-36(25-31)46-37-26-32(43(24-8-2)41-29(5)15-12-16-30(41)6)20-22-34(37)39(33)35-17-9-10-18-38(35)47(44)45/h9-22,25-26H,7-8,23-24H2,1-6H3/p+1. The molecule has 0 amide bonds. The number of benzene rings is 5. The highest BCUT2D eigenvalue weighted by Crippen LogP contribution is 2.43. The van der Waals surface area contributed by atoms with Gasteiger partial charge in [-0.25, -0.2) is 4.21 Å². The van der Waals surface area contributed by atoms with Crippen LogP contribution in [0, 0.1) is 27.7 Å². The van der Waals surface area contributed by atoms with Gasteiger partial charge in [0.05, 0.1) is 11.0 Å². The molecule has 1 aliphatic carbocycles. The minimum absolute atomic E-state index is 0.376. The molecule has 0 fully saturated rings. The van der Waals surface area contributed by atoms with E-state index in [2.05, 4.69) is 124 Å². The summed E-state index contributed by atoms with van der Waals surface area (Å²) < 4.78 is 32.2. The highest BCUT2D eigenvalue weighted by molar-refractivity contribution is 7.79. The van der Waals surface area contributed by atoms with Crippen LogP contribution in [0.3, 0.4) is 0 Å². The maximum Gasteiger partial charge on any atom is 0.211 e. The fourth-order valence-corrected chi connectivity index (χ4v) is 7.52. The van der Waals surface area contributed by atoms with E-state index in [-0.39, 0.29) is 0 Å². The van der Waals surface area contributed by atoms with E-state index >= 15 is 0 Å². The second-order valence-electron chi connectivity index (χ2n) is 12.4. The Labute approximate surface area is 280 Å². The minimum Gasteiger partial charge on any atom is -0.456 e. The van der Waals surface area contributed by atoms with Gasteiger partial charge in [0.25, 0.3) is 0 Å². The lowest BCUT2D eigenvalue weighted by Crippen LogP contribution is -2.27. The van der Waals surface area contributed by atoms with E-state index in [1.54, 1.807) is 12.1 Å². The number of nitrogens with zero attached hydrogens (tertiary/aromatic N) is 2. The molecule has 6 heteroatoms. The number of rotatable bonds is 9. The first kappa shape index (κ1) is 32.4. The quantitative estimate of drug-likeness (QED) is 0.0968. The van der Waals surface area contributed by atoms with Gasteiger partial charge in [0, 0.05) is 69.7 Å². The molecule has 1 heterocycles. The lowest BCUT2D eigenvalue weighted by atomic mass is 9.93. The van der Waals surface area contributed by atoms with Crippen molar-refractivity contribution < 1.29 is 13.2 Å². The number of hydrogen-bond acceptors (Lipinski definition) is 3. The van der Waals surface area contributed by atoms with Crippen LogP contribution in [0.5, 0.6) is 0 Å². The van der Waals surface area contributed by atoms with E-state index in [9.17, 15) is 8.76 Å². The van der Waals surface area contributed by atoms with Gasteiger partial charge in [-0.1, -0.05) is 68.4 Å². The van der Waals surface area contributed by atoms with E-state index < -0.39 is 11.1 Å². The summed E-state index contributed by atoms with van der Waals surface area (Å²) in [6, 6.07) is 33.0. The number of hydrogen-bond donors (Lipinski definition) is 1. The number of para-hydroxylation sites is 2. The number of aryl methyl sites for hydroxylation is 4. The number of anilines is 2. The summed E-state index contributed by atoms with van der Waals surface area (Å²) >= 11 is -2.16. The Balaban J connectivity index is 1.70. The van der Waals surface area contributed by atoms with Gasteiger partial charge in [-0.15, -0.1) is 0 Å². The van der Waals surface area contributed by atoms with Crippen LogP contribution in [0.15, 0.2) is 106 Å². The van der Waals surface area contributed by atoms with Crippen molar-refractivity contribution in [1.29, 1.82) is 0 Å². The van der Waals surface area contributed by atoms with Crippen LogP contribution in [-0.2, 0) is 11.1 Å². The molecule has 4 aromatic rings. The third kappa shape index (κ3) is 6.16. The summed E-state index contributed by atoms with van der Waals surface area (Å²) in [6.45, 7) is 14.8. The maximum atomic E-state index is 12.6. The molecular formula is C41H43N2O3S+. The average Bonchev–Trinajstić information content (AvgIpc) is 3.05. The average molecular weight is 644 g/mol. The second kappa shape index (κ2) is 13.7. The first-order valence-corrected chi connectivity index (χ1v) is 17.6. The smallest absolute Gasteiger partial charge is 0.211 e. The molecule has 0 bridgehead atoms. The molecule has 6 rings (SSSR count). The van der Waals surface area contributed by atoms with Gasteiger partial charge in [0.1, 0.15) is 17.9 Å². The molecule has 4 aromatic carbocycles. The van der Waals surface area contributed by atoms with Gasteiger partial charge in [0.2, 0.25) is 11.0 Å². The van der Waals surface area contributed by atoms with Crippen LogP contribution in [0.1, 0.15) is 48.9 Å². The van der Waals surface area contributed by atoms with Gasteiger partial charge in [-0.05, 0) is 69.5 Å². The third-order valence-corrected chi connectivity index (χ3v) is 9.70. The van der Waals surface area contributed by atoms with Crippen LogP contribution >= 0.6 is 0 Å². The van der Waals surface area contributed by atoms with Gasteiger partial charge in [-0.2, -0.15) is 4.58 Å². The Hall–Kier alpha value is -4.52. The molecule has 0 aromatic heterocycles. The van der Waals surface area contributed by atoms with Crippen molar-refractivity contribution in [2.45, 2.75) is 59.3 Å². The zero-order valence-corrected chi connectivity index (χ0v) is 28.9. The first-order valence-electron chi connectivity index (χ1n) is 16.4. The van der Waals surface area contributed by atoms with E-state index in [1.165, 1.54) is 33.6 Å². The highest BCUT2D eigenvalue weighted by atomic mass is 32.2. The van der Waals surface area contributed by atoms with Crippen LogP contribution in [0.4, 0.5) is 17.1 Å². The van der Waals surface area contributed by atoms with Crippen molar-refractivity contribution in [1.82, 2.24) is 4.58 Å². The highest BCUT2D eigenvalue weighted by Gasteiger charge is 2.24. The molecule has 0 spiro atoms. The van der Waals surface area contributed by atoms with E-state index in [1.807, 2.05) is 12.1 Å². The predicted octanol–water partition coefficient (Wildman–Crippen LogP) is 10.1. The summed E-state index contributed by atoms with van der Waals surface area (Å²) in [7, 11) is 0. The van der Waals surface area contributed by atoms with E-state index in [0.29, 0.717) is 4.90 Å². The molecule has 1 unspecified atom stereocenters.